The minimum atomic E-state index is -4.61. The van der Waals surface area contributed by atoms with Crippen molar-refractivity contribution in [3.05, 3.63) is 26.7 Å². The van der Waals surface area contributed by atoms with E-state index in [0.29, 0.717) is 6.07 Å². The Morgan fingerprint density at radius 3 is 2.07 bits per heavy atom. The first-order valence-electron chi connectivity index (χ1n) is 3.50. The van der Waals surface area contributed by atoms with E-state index in [0.717, 1.165) is 0 Å². The third-order valence-corrected chi connectivity index (χ3v) is 2.77. The molecule has 0 aromatic heterocycles. The third kappa shape index (κ3) is 2.42. The molecular weight excluding hydrogens is 275 g/mol. The smallest absolute Gasteiger partial charge is 0.321 e. The molecule has 0 aliphatic rings. The SMILES string of the molecule is NNc1c(Cl)cc(C(F)(F)F)c(Cl)c1Cl. The number of benzene rings is 1. The molecule has 0 heterocycles. The van der Waals surface area contributed by atoms with Crippen LogP contribution in [0.3, 0.4) is 0 Å². The van der Waals surface area contributed by atoms with Gasteiger partial charge in [-0.2, -0.15) is 13.2 Å². The Labute approximate surface area is 98.1 Å². The first-order chi connectivity index (χ1) is 6.79. The molecule has 0 unspecified atom stereocenters. The van der Waals surface area contributed by atoms with Crippen LogP contribution in [0, 0.1) is 0 Å². The topological polar surface area (TPSA) is 38.0 Å². The molecule has 0 spiro atoms. The molecule has 2 nitrogen and oxygen atoms in total. The van der Waals surface area contributed by atoms with Gasteiger partial charge >= 0.3 is 6.18 Å². The Hall–Kier alpha value is -0.360. The number of nitrogens with one attached hydrogen (secondary N) is 1. The Morgan fingerprint density at radius 2 is 1.67 bits per heavy atom. The molecule has 1 aromatic carbocycles. The van der Waals surface area contributed by atoms with E-state index in [1.54, 1.807) is 0 Å². The summed E-state index contributed by atoms with van der Waals surface area (Å²) in [6.07, 6.45) is -4.61. The third-order valence-electron chi connectivity index (χ3n) is 1.61. The average molecular weight is 279 g/mol. The molecule has 0 bridgehead atoms. The lowest BCUT2D eigenvalue weighted by Gasteiger charge is -2.14. The molecule has 0 radical (unpaired) electrons. The molecular formula is C7H4Cl3F3N2. The van der Waals surface area contributed by atoms with Gasteiger partial charge in [-0.1, -0.05) is 34.8 Å². The molecule has 84 valence electrons. The number of halogens is 6. The van der Waals surface area contributed by atoms with Crippen molar-refractivity contribution in [2.45, 2.75) is 6.18 Å². The minimum absolute atomic E-state index is 0.0451. The number of nitrogens with two attached hydrogens (primary N) is 1. The molecule has 15 heavy (non-hydrogen) atoms. The van der Waals surface area contributed by atoms with Crippen LogP contribution in [0.15, 0.2) is 6.07 Å². The van der Waals surface area contributed by atoms with Crippen molar-refractivity contribution in [2.24, 2.45) is 5.84 Å². The van der Waals surface area contributed by atoms with Crippen molar-refractivity contribution in [1.29, 1.82) is 0 Å². The highest BCUT2D eigenvalue weighted by Crippen LogP contribution is 2.44. The van der Waals surface area contributed by atoms with Crippen LogP contribution in [0.25, 0.3) is 0 Å². The second-order valence-electron chi connectivity index (χ2n) is 2.55. The van der Waals surface area contributed by atoms with E-state index in [1.165, 1.54) is 0 Å². The van der Waals surface area contributed by atoms with Crippen LogP contribution in [0.4, 0.5) is 18.9 Å². The van der Waals surface area contributed by atoms with Crippen LogP contribution < -0.4 is 11.3 Å². The fourth-order valence-corrected chi connectivity index (χ4v) is 1.75. The fraction of sp³-hybridized carbons (Fsp3) is 0.143. The number of anilines is 1. The van der Waals surface area contributed by atoms with Crippen molar-refractivity contribution in [1.82, 2.24) is 0 Å². The maximum Gasteiger partial charge on any atom is 0.417 e. The van der Waals surface area contributed by atoms with Gasteiger partial charge in [0.05, 0.1) is 26.3 Å². The molecule has 3 N–H and O–H groups in total. The molecule has 1 rings (SSSR count). The first-order valence-corrected chi connectivity index (χ1v) is 4.63. The van der Waals surface area contributed by atoms with Crippen LogP contribution in [0.5, 0.6) is 0 Å². The van der Waals surface area contributed by atoms with Crippen molar-refractivity contribution in [3.63, 3.8) is 0 Å². The first kappa shape index (κ1) is 12.7. The molecule has 0 saturated carbocycles. The van der Waals surface area contributed by atoms with E-state index in [1.807, 2.05) is 0 Å². The number of rotatable bonds is 1. The average Bonchev–Trinajstić information content (AvgIpc) is 2.10. The highest BCUT2D eigenvalue weighted by atomic mass is 35.5. The lowest BCUT2D eigenvalue weighted by atomic mass is 10.2. The largest absolute Gasteiger partial charge is 0.417 e. The lowest BCUT2D eigenvalue weighted by molar-refractivity contribution is -0.137. The summed E-state index contributed by atoms with van der Waals surface area (Å²) in [7, 11) is 0. The summed E-state index contributed by atoms with van der Waals surface area (Å²) in [5, 5.41) is -1.25. The summed E-state index contributed by atoms with van der Waals surface area (Å²) in [5.41, 5.74) is 0.923. The van der Waals surface area contributed by atoms with Gasteiger partial charge in [-0.25, -0.2) is 0 Å². The summed E-state index contributed by atoms with van der Waals surface area (Å²) in [5.74, 6) is 5.02. The maximum absolute atomic E-state index is 12.4. The van der Waals surface area contributed by atoms with Gasteiger partial charge in [0.2, 0.25) is 0 Å². The van der Waals surface area contributed by atoms with Crippen molar-refractivity contribution >= 4 is 40.5 Å². The number of hydrazine groups is 1. The number of hydrogen-bond acceptors (Lipinski definition) is 2. The molecule has 0 saturated heterocycles. The minimum Gasteiger partial charge on any atom is -0.321 e. The van der Waals surface area contributed by atoms with Gasteiger partial charge in [-0.3, -0.25) is 5.84 Å². The summed E-state index contributed by atoms with van der Waals surface area (Å²) in [4.78, 5) is 0. The van der Waals surface area contributed by atoms with E-state index in [9.17, 15) is 13.2 Å². The van der Waals surface area contributed by atoms with Gasteiger partial charge < -0.3 is 5.43 Å². The molecule has 8 heteroatoms. The Morgan fingerprint density at radius 1 is 1.13 bits per heavy atom. The van der Waals surface area contributed by atoms with Crippen molar-refractivity contribution in [3.8, 4) is 0 Å². The monoisotopic (exact) mass is 278 g/mol. The van der Waals surface area contributed by atoms with Crippen LogP contribution >= 0.6 is 34.8 Å². The van der Waals surface area contributed by atoms with Crippen LogP contribution in [-0.4, -0.2) is 0 Å². The van der Waals surface area contributed by atoms with Gasteiger partial charge in [0.25, 0.3) is 0 Å². The molecule has 0 fully saturated rings. The highest BCUT2D eigenvalue weighted by Gasteiger charge is 2.35. The summed E-state index contributed by atoms with van der Waals surface area (Å²) >= 11 is 16.5. The van der Waals surface area contributed by atoms with E-state index >= 15 is 0 Å². The number of nitrogen functional groups attached to an aromatic ring is 1. The molecule has 0 aliphatic heterocycles. The normalized spacial score (nSPS) is 11.7. The van der Waals surface area contributed by atoms with Crippen molar-refractivity contribution < 1.29 is 13.2 Å². The van der Waals surface area contributed by atoms with Crippen LogP contribution in [-0.2, 0) is 6.18 Å². The van der Waals surface area contributed by atoms with Crippen LogP contribution in [0.2, 0.25) is 15.1 Å². The summed E-state index contributed by atoms with van der Waals surface area (Å²) < 4.78 is 37.2. The van der Waals surface area contributed by atoms with Gasteiger partial charge in [0.15, 0.2) is 0 Å². The second kappa shape index (κ2) is 4.25. The predicted octanol–water partition coefficient (Wildman–Crippen LogP) is 3.95. The Bertz CT molecular complexity index is 392. The highest BCUT2D eigenvalue weighted by molar-refractivity contribution is 6.46. The quantitative estimate of drug-likeness (QED) is 0.464. The second-order valence-corrected chi connectivity index (χ2v) is 3.71. The van der Waals surface area contributed by atoms with Gasteiger partial charge in [-0.05, 0) is 6.07 Å². The van der Waals surface area contributed by atoms with Crippen LogP contribution in [0.1, 0.15) is 5.56 Å². The zero-order valence-corrected chi connectivity index (χ0v) is 9.19. The van der Waals surface area contributed by atoms with Gasteiger partial charge in [0.1, 0.15) is 0 Å². The standard InChI is InChI=1S/C7H4Cl3F3N2/c8-3-1-2(7(11,12)13)4(9)5(10)6(3)15-14/h1,15H,14H2. The predicted molar refractivity (Wildman–Crippen MR) is 54.3 cm³/mol. The Balaban J connectivity index is 3.48. The lowest BCUT2D eigenvalue weighted by Crippen LogP contribution is -2.11. The zero-order chi connectivity index (χ0) is 11.8. The number of alkyl halides is 3. The summed E-state index contributed by atoms with van der Waals surface area (Å²) in [6, 6.07) is 0.658. The van der Waals surface area contributed by atoms with E-state index in [-0.39, 0.29) is 15.7 Å². The van der Waals surface area contributed by atoms with Gasteiger partial charge in [0, 0.05) is 0 Å². The van der Waals surface area contributed by atoms with E-state index < -0.39 is 16.8 Å². The Kier molecular flexibility index (Phi) is 3.60. The fourth-order valence-electron chi connectivity index (χ4n) is 0.934. The van der Waals surface area contributed by atoms with Crippen molar-refractivity contribution in [2.75, 3.05) is 5.43 Å². The zero-order valence-electron chi connectivity index (χ0n) is 6.92. The van der Waals surface area contributed by atoms with Gasteiger partial charge in [-0.15, -0.1) is 0 Å². The number of hydrogen-bond donors (Lipinski definition) is 2. The molecule has 1 aromatic rings. The van der Waals surface area contributed by atoms with E-state index in [4.69, 9.17) is 40.6 Å². The maximum atomic E-state index is 12.4. The molecule has 0 aliphatic carbocycles. The molecule has 0 amide bonds. The molecule has 0 atom stereocenters. The van der Waals surface area contributed by atoms with E-state index in [2.05, 4.69) is 5.43 Å². The summed E-state index contributed by atoms with van der Waals surface area (Å²) in [6.45, 7) is 0.